The lowest BCUT2D eigenvalue weighted by Crippen LogP contribution is -2.33. The number of hydrogen-bond donors (Lipinski definition) is 1. The van der Waals surface area contributed by atoms with E-state index in [0.29, 0.717) is 12.2 Å². The number of anilines is 1. The molecule has 1 aromatic rings. The molecule has 0 bridgehead atoms. The molecule has 1 rings (SSSR count). The van der Waals surface area contributed by atoms with Crippen molar-refractivity contribution in [3.05, 3.63) is 46.5 Å². The second kappa shape index (κ2) is 6.70. The summed E-state index contributed by atoms with van der Waals surface area (Å²) in [6, 6.07) is 6.16. The van der Waals surface area contributed by atoms with Crippen LogP contribution in [0.1, 0.15) is 13.8 Å². The number of carboxylic acids is 1. The summed E-state index contributed by atoms with van der Waals surface area (Å²) in [5.41, 5.74) is 1.46. The van der Waals surface area contributed by atoms with Crippen LogP contribution in [0.4, 0.5) is 11.4 Å². The van der Waals surface area contributed by atoms with Gasteiger partial charge in [-0.3, -0.25) is 14.9 Å². The van der Waals surface area contributed by atoms with E-state index < -0.39 is 16.8 Å². The molecule has 1 atom stereocenters. The average Bonchev–Trinajstić information content (AvgIpc) is 2.37. The van der Waals surface area contributed by atoms with Crippen LogP contribution in [-0.2, 0) is 4.79 Å². The monoisotopic (exact) mass is 278 g/mol. The Morgan fingerprint density at radius 1 is 1.55 bits per heavy atom. The number of carbonyl (C=O) groups is 1. The van der Waals surface area contributed by atoms with Crippen molar-refractivity contribution in [2.75, 3.05) is 18.0 Å². The van der Waals surface area contributed by atoms with Crippen molar-refractivity contribution in [1.29, 1.82) is 0 Å². The second-order valence-corrected chi connectivity index (χ2v) is 4.85. The summed E-state index contributed by atoms with van der Waals surface area (Å²) in [5, 5.41) is 19.8. The Balaban J connectivity index is 3.03. The average molecular weight is 278 g/mol. The predicted molar refractivity (Wildman–Crippen MR) is 76.9 cm³/mol. The highest BCUT2D eigenvalue weighted by atomic mass is 16.6. The molecule has 6 nitrogen and oxygen atoms in total. The molecule has 0 amide bonds. The molecule has 20 heavy (non-hydrogen) atoms. The summed E-state index contributed by atoms with van der Waals surface area (Å²) in [7, 11) is 0. The van der Waals surface area contributed by atoms with Gasteiger partial charge >= 0.3 is 5.97 Å². The molecule has 0 spiro atoms. The molecule has 6 heteroatoms. The zero-order chi connectivity index (χ0) is 15.3. The number of aliphatic carboxylic acids is 1. The van der Waals surface area contributed by atoms with E-state index in [0.717, 1.165) is 5.57 Å². The van der Waals surface area contributed by atoms with Gasteiger partial charge in [0.2, 0.25) is 0 Å². The van der Waals surface area contributed by atoms with E-state index in [1.807, 2.05) is 6.92 Å². The highest BCUT2D eigenvalue weighted by molar-refractivity contribution is 5.70. The number of nitro benzene ring substituents is 1. The first kappa shape index (κ1) is 15.7. The summed E-state index contributed by atoms with van der Waals surface area (Å²) in [6.07, 6.45) is 0. The Hall–Kier alpha value is -2.37. The predicted octanol–water partition coefficient (Wildman–Crippen LogP) is 2.70. The van der Waals surface area contributed by atoms with Gasteiger partial charge in [0, 0.05) is 30.9 Å². The van der Waals surface area contributed by atoms with Gasteiger partial charge in [-0.05, 0) is 13.0 Å². The summed E-state index contributed by atoms with van der Waals surface area (Å²) in [4.78, 5) is 23.1. The molecule has 0 heterocycles. The maximum absolute atomic E-state index is 11.0. The third-order valence-corrected chi connectivity index (χ3v) is 2.78. The quantitative estimate of drug-likeness (QED) is 0.471. The number of nitrogens with zero attached hydrogens (tertiary/aromatic N) is 2. The first-order valence-corrected chi connectivity index (χ1v) is 6.18. The molecule has 1 N–H and O–H groups in total. The second-order valence-electron chi connectivity index (χ2n) is 4.85. The van der Waals surface area contributed by atoms with Gasteiger partial charge in [0.1, 0.15) is 0 Å². The molecule has 1 aromatic carbocycles. The topological polar surface area (TPSA) is 83.7 Å². The Morgan fingerprint density at radius 3 is 2.70 bits per heavy atom. The van der Waals surface area contributed by atoms with Gasteiger partial charge < -0.3 is 10.0 Å². The van der Waals surface area contributed by atoms with Gasteiger partial charge in [0.15, 0.2) is 0 Å². The third-order valence-electron chi connectivity index (χ3n) is 2.78. The largest absolute Gasteiger partial charge is 0.481 e. The first-order valence-electron chi connectivity index (χ1n) is 6.18. The molecule has 1 unspecified atom stereocenters. The summed E-state index contributed by atoms with van der Waals surface area (Å²) < 4.78 is 0. The first-order chi connectivity index (χ1) is 9.31. The van der Waals surface area contributed by atoms with Crippen molar-refractivity contribution in [3.63, 3.8) is 0 Å². The van der Waals surface area contributed by atoms with E-state index in [-0.39, 0.29) is 12.2 Å². The van der Waals surface area contributed by atoms with Gasteiger partial charge in [-0.25, -0.2) is 0 Å². The number of carboxylic acid groups (broad SMARTS) is 1. The fraction of sp³-hybridized carbons (Fsp3) is 0.357. The number of rotatable bonds is 7. The Labute approximate surface area is 117 Å². The van der Waals surface area contributed by atoms with Crippen molar-refractivity contribution in [3.8, 4) is 0 Å². The van der Waals surface area contributed by atoms with Crippen LogP contribution in [0.3, 0.4) is 0 Å². The lowest BCUT2D eigenvalue weighted by atomic mass is 10.1. The van der Waals surface area contributed by atoms with Crippen LogP contribution in [0.2, 0.25) is 0 Å². The minimum Gasteiger partial charge on any atom is -0.481 e. The van der Waals surface area contributed by atoms with Gasteiger partial charge in [-0.2, -0.15) is 0 Å². The van der Waals surface area contributed by atoms with E-state index in [2.05, 4.69) is 6.58 Å². The maximum Gasteiger partial charge on any atom is 0.308 e. The Morgan fingerprint density at radius 2 is 2.20 bits per heavy atom. The molecule has 0 radical (unpaired) electrons. The minimum absolute atomic E-state index is 0.0165. The van der Waals surface area contributed by atoms with Crippen LogP contribution in [0.25, 0.3) is 0 Å². The fourth-order valence-corrected chi connectivity index (χ4v) is 1.80. The molecule has 0 saturated carbocycles. The lowest BCUT2D eigenvalue weighted by Gasteiger charge is -2.26. The SMILES string of the molecule is C=C(C)CN(CC(C)C(=O)O)c1cccc([N+](=O)[O-])c1. The van der Waals surface area contributed by atoms with Crippen LogP contribution < -0.4 is 4.90 Å². The standard InChI is InChI=1S/C14H18N2O4/c1-10(2)8-15(9-11(3)14(17)18)12-5-4-6-13(7-12)16(19)20/h4-7,11H,1,8-9H2,2-3H3,(H,17,18). The molecule has 0 aliphatic heterocycles. The normalized spacial score (nSPS) is 11.7. The van der Waals surface area contributed by atoms with Crippen molar-refractivity contribution >= 4 is 17.3 Å². The molecule has 0 aliphatic rings. The highest BCUT2D eigenvalue weighted by Crippen LogP contribution is 2.22. The molecule has 0 aliphatic carbocycles. The lowest BCUT2D eigenvalue weighted by molar-refractivity contribution is -0.384. The van der Waals surface area contributed by atoms with Crippen molar-refractivity contribution in [2.45, 2.75) is 13.8 Å². The van der Waals surface area contributed by atoms with Crippen LogP contribution in [0, 0.1) is 16.0 Å². The third kappa shape index (κ3) is 4.38. The smallest absolute Gasteiger partial charge is 0.308 e. The molecular formula is C14H18N2O4. The molecule has 0 saturated heterocycles. The van der Waals surface area contributed by atoms with Gasteiger partial charge in [0.25, 0.3) is 5.69 Å². The van der Waals surface area contributed by atoms with Crippen molar-refractivity contribution in [1.82, 2.24) is 0 Å². The Bertz CT molecular complexity index is 528. The highest BCUT2D eigenvalue weighted by Gasteiger charge is 2.18. The van der Waals surface area contributed by atoms with Gasteiger partial charge in [-0.1, -0.05) is 25.1 Å². The summed E-state index contributed by atoms with van der Waals surface area (Å²) in [5.74, 6) is -1.48. The van der Waals surface area contributed by atoms with E-state index in [1.165, 1.54) is 12.1 Å². The maximum atomic E-state index is 11.0. The number of hydrogen-bond acceptors (Lipinski definition) is 4. The number of benzene rings is 1. The van der Waals surface area contributed by atoms with Crippen LogP contribution >= 0.6 is 0 Å². The van der Waals surface area contributed by atoms with Crippen molar-refractivity contribution in [2.24, 2.45) is 5.92 Å². The molecule has 0 aromatic heterocycles. The van der Waals surface area contributed by atoms with Crippen molar-refractivity contribution < 1.29 is 14.8 Å². The van der Waals surface area contributed by atoms with E-state index in [9.17, 15) is 14.9 Å². The molecular weight excluding hydrogens is 260 g/mol. The zero-order valence-electron chi connectivity index (χ0n) is 11.6. The van der Waals surface area contributed by atoms with Gasteiger partial charge in [0.05, 0.1) is 10.8 Å². The summed E-state index contributed by atoms with van der Waals surface area (Å²) >= 11 is 0. The Kier molecular flexibility index (Phi) is 5.25. The number of nitro groups is 1. The summed E-state index contributed by atoms with van der Waals surface area (Å²) in [6.45, 7) is 7.96. The fourth-order valence-electron chi connectivity index (χ4n) is 1.80. The minimum atomic E-state index is -0.901. The molecule has 108 valence electrons. The van der Waals surface area contributed by atoms with Gasteiger partial charge in [-0.15, -0.1) is 0 Å². The number of non-ortho nitro benzene ring substituents is 1. The van der Waals surface area contributed by atoms with E-state index >= 15 is 0 Å². The van der Waals surface area contributed by atoms with Crippen LogP contribution in [0.15, 0.2) is 36.4 Å². The zero-order valence-corrected chi connectivity index (χ0v) is 11.6. The van der Waals surface area contributed by atoms with Crippen LogP contribution in [0.5, 0.6) is 0 Å². The van der Waals surface area contributed by atoms with E-state index in [4.69, 9.17) is 5.11 Å². The van der Waals surface area contributed by atoms with E-state index in [1.54, 1.807) is 24.0 Å². The van der Waals surface area contributed by atoms with Crippen LogP contribution in [-0.4, -0.2) is 29.1 Å². The molecule has 0 fully saturated rings.